The summed E-state index contributed by atoms with van der Waals surface area (Å²) in [6.45, 7) is 0.583. The van der Waals surface area contributed by atoms with Crippen molar-refractivity contribution in [3.63, 3.8) is 0 Å². The molecule has 1 fully saturated rings. The van der Waals surface area contributed by atoms with E-state index in [9.17, 15) is 4.79 Å². The first-order valence-corrected chi connectivity index (χ1v) is 7.32. The summed E-state index contributed by atoms with van der Waals surface area (Å²) in [4.78, 5) is 11.1. The number of hydrogen-bond acceptors (Lipinski definition) is 2. The Hall–Kier alpha value is -1.13. The summed E-state index contributed by atoms with van der Waals surface area (Å²) in [7, 11) is 0. The maximum Gasteiger partial charge on any atom is 0.155 e. The van der Waals surface area contributed by atoms with Gasteiger partial charge < -0.3 is 0 Å². The Kier molecular flexibility index (Phi) is 3.46. The predicted molar refractivity (Wildman–Crippen MR) is 77.8 cm³/mol. The topological polar surface area (TPSA) is 34.9 Å². The standard InChI is InChI=1S/C14H12BrClN2O/c15-11-5-1-9(2-6-11)7-18-14(16)12(8-19)13(17-18)10-3-4-10/h1-2,5-6,8,10H,3-4,7H2. The summed E-state index contributed by atoms with van der Waals surface area (Å²) in [5.41, 5.74) is 2.52. The van der Waals surface area contributed by atoms with E-state index in [0.717, 1.165) is 34.9 Å². The van der Waals surface area contributed by atoms with Gasteiger partial charge in [0.1, 0.15) is 5.15 Å². The maximum atomic E-state index is 11.1. The van der Waals surface area contributed by atoms with Crippen molar-refractivity contribution in [1.82, 2.24) is 9.78 Å². The number of nitrogens with zero attached hydrogens (tertiary/aromatic N) is 2. The highest BCUT2D eigenvalue weighted by Gasteiger charge is 2.31. The summed E-state index contributed by atoms with van der Waals surface area (Å²) >= 11 is 9.65. The quantitative estimate of drug-likeness (QED) is 0.788. The number of benzene rings is 1. The lowest BCUT2D eigenvalue weighted by molar-refractivity contribution is 0.112. The zero-order valence-corrected chi connectivity index (χ0v) is 12.5. The summed E-state index contributed by atoms with van der Waals surface area (Å²) in [5.74, 6) is 0.420. The average molecular weight is 340 g/mol. The molecule has 1 aromatic carbocycles. The van der Waals surface area contributed by atoms with Crippen LogP contribution in [0.1, 0.15) is 40.4 Å². The van der Waals surface area contributed by atoms with E-state index in [2.05, 4.69) is 21.0 Å². The highest BCUT2D eigenvalue weighted by atomic mass is 79.9. The van der Waals surface area contributed by atoms with Gasteiger partial charge in [0, 0.05) is 10.4 Å². The van der Waals surface area contributed by atoms with Crippen molar-refractivity contribution in [3.8, 4) is 0 Å². The second kappa shape index (κ2) is 5.10. The van der Waals surface area contributed by atoms with Crippen molar-refractivity contribution in [1.29, 1.82) is 0 Å². The minimum absolute atomic E-state index is 0.420. The van der Waals surface area contributed by atoms with Gasteiger partial charge in [0.2, 0.25) is 0 Å². The zero-order chi connectivity index (χ0) is 13.4. The van der Waals surface area contributed by atoms with Gasteiger partial charge in [-0.15, -0.1) is 0 Å². The molecule has 0 aliphatic heterocycles. The third kappa shape index (κ3) is 2.60. The molecule has 1 aliphatic rings. The second-order valence-electron chi connectivity index (χ2n) is 4.77. The molecule has 0 atom stereocenters. The van der Waals surface area contributed by atoms with Crippen LogP contribution in [0.2, 0.25) is 5.15 Å². The average Bonchev–Trinajstić information content (AvgIpc) is 3.19. The molecule has 0 saturated heterocycles. The van der Waals surface area contributed by atoms with E-state index < -0.39 is 0 Å². The summed E-state index contributed by atoms with van der Waals surface area (Å²) in [6.07, 6.45) is 3.03. The van der Waals surface area contributed by atoms with Crippen LogP contribution >= 0.6 is 27.5 Å². The first kappa shape index (κ1) is 12.9. The zero-order valence-electron chi connectivity index (χ0n) is 10.1. The summed E-state index contributed by atoms with van der Waals surface area (Å²) in [6, 6.07) is 7.99. The first-order valence-electron chi connectivity index (χ1n) is 6.15. The highest BCUT2D eigenvalue weighted by molar-refractivity contribution is 9.10. The SMILES string of the molecule is O=Cc1c(C2CC2)nn(Cc2ccc(Br)cc2)c1Cl. The van der Waals surface area contributed by atoms with Crippen LogP contribution in [-0.2, 0) is 6.54 Å². The van der Waals surface area contributed by atoms with Gasteiger partial charge in [-0.3, -0.25) is 4.79 Å². The molecule has 0 amide bonds. The van der Waals surface area contributed by atoms with E-state index in [0.29, 0.717) is 23.2 Å². The molecule has 98 valence electrons. The number of rotatable bonds is 4. The van der Waals surface area contributed by atoms with Crippen molar-refractivity contribution in [2.24, 2.45) is 0 Å². The maximum absolute atomic E-state index is 11.1. The fraction of sp³-hybridized carbons (Fsp3) is 0.286. The first-order chi connectivity index (χ1) is 9.19. The van der Waals surface area contributed by atoms with Gasteiger partial charge in [-0.05, 0) is 30.5 Å². The molecule has 0 spiro atoms. The molecule has 1 aromatic heterocycles. The summed E-state index contributed by atoms with van der Waals surface area (Å²) in [5, 5.41) is 4.95. The molecule has 0 N–H and O–H groups in total. The van der Waals surface area contributed by atoms with Crippen molar-refractivity contribution < 1.29 is 4.79 Å². The van der Waals surface area contributed by atoms with E-state index in [-0.39, 0.29) is 0 Å². The van der Waals surface area contributed by atoms with Crippen LogP contribution in [0.3, 0.4) is 0 Å². The monoisotopic (exact) mass is 338 g/mol. The fourth-order valence-electron chi connectivity index (χ4n) is 2.11. The molecular weight excluding hydrogens is 328 g/mol. The van der Waals surface area contributed by atoms with E-state index in [1.807, 2.05) is 24.3 Å². The van der Waals surface area contributed by atoms with E-state index in [4.69, 9.17) is 11.6 Å². The molecule has 0 bridgehead atoms. The Labute approximate surface area is 124 Å². The second-order valence-corrected chi connectivity index (χ2v) is 6.04. The molecule has 1 heterocycles. The minimum Gasteiger partial charge on any atom is -0.298 e. The molecule has 1 aliphatic carbocycles. The molecule has 19 heavy (non-hydrogen) atoms. The van der Waals surface area contributed by atoms with Crippen LogP contribution in [0.25, 0.3) is 0 Å². The van der Waals surface area contributed by atoms with Gasteiger partial charge in [0.25, 0.3) is 0 Å². The molecule has 3 rings (SSSR count). The van der Waals surface area contributed by atoms with Crippen LogP contribution in [-0.4, -0.2) is 16.1 Å². The lowest BCUT2D eigenvalue weighted by Crippen LogP contribution is -2.02. The van der Waals surface area contributed by atoms with Gasteiger partial charge in [-0.2, -0.15) is 5.10 Å². The largest absolute Gasteiger partial charge is 0.298 e. The van der Waals surface area contributed by atoms with Gasteiger partial charge >= 0.3 is 0 Å². The molecule has 0 unspecified atom stereocenters. The molecule has 5 heteroatoms. The van der Waals surface area contributed by atoms with Crippen LogP contribution in [0.5, 0.6) is 0 Å². The number of hydrogen-bond donors (Lipinski definition) is 0. The highest BCUT2D eigenvalue weighted by Crippen LogP contribution is 2.42. The lowest BCUT2D eigenvalue weighted by Gasteiger charge is -2.03. The third-order valence-corrected chi connectivity index (χ3v) is 4.21. The Morgan fingerprint density at radius 3 is 2.63 bits per heavy atom. The van der Waals surface area contributed by atoms with Gasteiger partial charge in [0.15, 0.2) is 6.29 Å². The van der Waals surface area contributed by atoms with Crippen molar-refractivity contribution in [2.75, 3.05) is 0 Å². The minimum atomic E-state index is 0.420. The number of carbonyl (C=O) groups is 1. The van der Waals surface area contributed by atoms with Gasteiger partial charge in [-0.25, -0.2) is 4.68 Å². The van der Waals surface area contributed by atoms with Crippen LogP contribution in [0, 0.1) is 0 Å². The van der Waals surface area contributed by atoms with Crippen LogP contribution < -0.4 is 0 Å². The lowest BCUT2D eigenvalue weighted by atomic mass is 10.2. The van der Waals surface area contributed by atoms with Crippen molar-refractivity contribution in [2.45, 2.75) is 25.3 Å². The number of halogens is 2. The third-order valence-electron chi connectivity index (χ3n) is 3.28. The number of carbonyl (C=O) groups excluding carboxylic acids is 1. The number of aldehydes is 1. The fourth-order valence-corrected chi connectivity index (χ4v) is 2.61. The smallest absolute Gasteiger partial charge is 0.155 e. The normalized spacial score (nSPS) is 14.6. The van der Waals surface area contributed by atoms with Gasteiger partial charge in [-0.1, -0.05) is 39.7 Å². The van der Waals surface area contributed by atoms with Crippen LogP contribution in [0.15, 0.2) is 28.7 Å². The Morgan fingerprint density at radius 1 is 1.37 bits per heavy atom. The Bertz CT molecular complexity index is 617. The van der Waals surface area contributed by atoms with E-state index >= 15 is 0 Å². The van der Waals surface area contributed by atoms with Crippen LogP contribution in [0.4, 0.5) is 0 Å². The van der Waals surface area contributed by atoms with Crippen molar-refractivity contribution >= 4 is 33.8 Å². The van der Waals surface area contributed by atoms with E-state index in [1.54, 1.807) is 4.68 Å². The van der Waals surface area contributed by atoms with E-state index in [1.165, 1.54) is 0 Å². The summed E-state index contributed by atoms with van der Waals surface area (Å²) < 4.78 is 2.75. The Balaban J connectivity index is 1.92. The molecular formula is C14H12BrClN2O. The predicted octanol–water partition coefficient (Wildman–Crippen LogP) is 4.04. The number of aromatic nitrogens is 2. The molecule has 1 saturated carbocycles. The molecule has 0 radical (unpaired) electrons. The molecule has 3 nitrogen and oxygen atoms in total. The molecule has 2 aromatic rings. The Morgan fingerprint density at radius 2 is 2.05 bits per heavy atom. The van der Waals surface area contributed by atoms with Gasteiger partial charge in [0.05, 0.1) is 17.8 Å². The van der Waals surface area contributed by atoms with Crippen molar-refractivity contribution in [3.05, 3.63) is 50.7 Å².